The van der Waals surface area contributed by atoms with Crippen LogP contribution in [-0.2, 0) is 9.59 Å². The van der Waals surface area contributed by atoms with Crippen molar-refractivity contribution in [1.82, 2.24) is 9.80 Å². The molecule has 0 unspecified atom stereocenters. The fourth-order valence-electron chi connectivity index (χ4n) is 4.06. The van der Waals surface area contributed by atoms with E-state index in [0.717, 1.165) is 32.2 Å². The summed E-state index contributed by atoms with van der Waals surface area (Å²) in [5.74, 6) is 0.334. The largest absolute Gasteiger partial charge is 0.392 e. The Balaban J connectivity index is 1.98. The summed E-state index contributed by atoms with van der Waals surface area (Å²) < 4.78 is 0. The third kappa shape index (κ3) is 4.38. The van der Waals surface area contributed by atoms with Gasteiger partial charge in [-0.3, -0.25) is 9.59 Å². The van der Waals surface area contributed by atoms with Gasteiger partial charge in [-0.25, -0.2) is 0 Å². The van der Waals surface area contributed by atoms with Crippen LogP contribution in [0.25, 0.3) is 0 Å². The lowest BCUT2D eigenvalue weighted by Gasteiger charge is -2.51. The lowest BCUT2D eigenvalue weighted by atomic mass is 9.71. The number of carbonyl (C=O) groups is 2. The molecule has 2 amide bonds. The number of likely N-dealkylation sites (tertiary alicyclic amines) is 2. The second-order valence-electron chi connectivity index (χ2n) is 7.22. The molecule has 2 fully saturated rings. The van der Waals surface area contributed by atoms with Gasteiger partial charge in [-0.15, -0.1) is 0 Å². The van der Waals surface area contributed by atoms with Gasteiger partial charge in [0.2, 0.25) is 11.8 Å². The Hall–Kier alpha value is -1.36. The zero-order valence-electron chi connectivity index (χ0n) is 15.2. The predicted octanol–water partition coefficient (Wildman–Crippen LogP) is 2.34. The quantitative estimate of drug-likeness (QED) is 0.619. The molecule has 24 heavy (non-hydrogen) atoms. The number of rotatable bonds is 5. The fraction of sp³-hybridized carbons (Fsp3) is 0.789. The molecule has 2 aliphatic heterocycles. The van der Waals surface area contributed by atoms with Crippen LogP contribution >= 0.6 is 0 Å². The van der Waals surface area contributed by atoms with Crippen LogP contribution in [0, 0.1) is 5.41 Å². The van der Waals surface area contributed by atoms with Crippen molar-refractivity contribution in [1.29, 1.82) is 0 Å². The molecule has 5 heteroatoms. The van der Waals surface area contributed by atoms with Gasteiger partial charge in [0.1, 0.15) is 0 Å². The second kappa shape index (κ2) is 8.65. The van der Waals surface area contributed by atoms with Crippen molar-refractivity contribution in [3.05, 3.63) is 12.2 Å². The van der Waals surface area contributed by atoms with Crippen molar-refractivity contribution < 1.29 is 14.7 Å². The molecule has 136 valence electrons. The third-order valence-electron chi connectivity index (χ3n) is 5.50. The van der Waals surface area contributed by atoms with Gasteiger partial charge in [0.25, 0.3) is 0 Å². The lowest BCUT2D eigenvalue weighted by Crippen LogP contribution is -2.60. The van der Waals surface area contributed by atoms with Crippen LogP contribution in [-0.4, -0.2) is 59.0 Å². The molecule has 0 saturated carbocycles. The maximum atomic E-state index is 12.5. The van der Waals surface area contributed by atoms with E-state index >= 15 is 0 Å². The van der Waals surface area contributed by atoms with Crippen LogP contribution in [0.1, 0.15) is 58.8 Å². The number of allylic oxidation sites excluding steroid dienone is 2. The van der Waals surface area contributed by atoms with Gasteiger partial charge in [0.15, 0.2) is 0 Å². The van der Waals surface area contributed by atoms with Gasteiger partial charge in [0, 0.05) is 44.4 Å². The molecule has 0 aliphatic carbocycles. The Morgan fingerprint density at radius 2 is 1.92 bits per heavy atom. The van der Waals surface area contributed by atoms with E-state index in [-0.39, 0.29) is 17.2 Å². The van der Waals surface area contributed by atoms with Gasteiger partial charge in [-0.05, 0) is 39.0 Å². The van der Waals surface area contributed by atoms with E-state index in [1.807, 2.05) is 29.7 Å². The van der Waals surface area contributed by atoms with Crippen LogP contribution in [0.4, 0.5) is 0 Å². The molecule has 1 spiro atoms. The molecule has 0 aromatic heterocycles. The molecule has 0 radical (unpaired) electrons. The van der Waals surface area contributed by atoms with Gasteiger partial charge >= 0.3 is 0 Å². The fourth-order valence-corrected chi connectivity index (χ4v) is 4.06. The van der Waals surface area contributed by atoms with Crippen LogP contribution in [0.2, 0.25) is 0 Å². The van der Waals surface area contributed by atoms with E-state index in [1.54, 1.807) is 0 Å². The van der Waals surface area contributed by atoms with Crippen LogP contribution in [0.5, 0.6) is 0 Å². The van der Waals surface area contributed by atoms with Gasteiger partial charge < -0.3 is 14.9 Å². The molecule has 0 bridgehead atoms. The van der Waals surface area contributed by atoms with Crippen LogP contribution in [0.3, 0.4) is 0 Å². The summed E-state index contributed by atoms with van der Waals surface area (Å²) in [5.41, 5.74) is -0.333. The molecule has 0 aromatic rings. The maximum absolute atomic E-state index is 12.5. The average Bonchev–Trinajstić information content (AvgIpc) is 2.60. The summed E-state index contributed by atoms with van der Waals surface area (Å²) in [4.78, 5) is 28.4. The van der Waals surface area contributed by atoms with Gasteiger partial charge in [-0.1, -0.05) is 19.1 Å². The highest BCUT2D eigenvalue weighted by Crippen LogP contribution is 2.39. The molecule has 2 saturated heterocycles. The number of nitrogens with zero attached hydrogens (tertiary/aromatic N) is 2. The first kappa shape index (κ1) is 19.0. The summed E-state index contributed by atoms with van der Waals surface area (Å²) in [6, 6.07) is 0. The minimum atomic E-state index is -0.419. The van der Waals surface area contributed by atoms with Crippen LogP contribution in [0.15, 0.2) is 12.2 Å². The minimum absolute atomic E-state index is 0.149. The number of piperidine rings is 2. The first-order chi connectivity index (χ1) is 11.5. The second-order valence-corrected chi connectivity index (χ2v) is 7.22. The standard InChI is InChI=1S/C19H32N2O3/c1-3-5-6-7-9-18(24)20-12-8-11-19(14-20)15-21(17(23)4-2)13-10-16(19)22/h3,5,16,22H,4,6-15H2,1-2H3/t16-,19+/m1/s1. The molecular weight excluding hydrogens is 304 g/mol. The Morgan fingerprint density at radius 1 is 1.21 bits per heavy atom. The molecular formula is C19H32N2O3. The van der Waals surface area contributed by atoms with E-state index in [4.69, 9.17) is 0 Å². The molecule has 5 nitrogen and oxygen atoms in total. The van der Waals surface area contributed by atoms with Crippen molar-refractivity contribution in [3.63, 3.8) is 0 Å². The number of unbranched alkanes of at least 4 members (excludes halogenated alkanes) is 1. The number of amides is 2. The summed E-state index contributed by atoms with van der Waals surface area (Å²) in [6.45, 7) is 6.45. The van der Waals surface area contributed by atoms with Crippen molar-refractivity contribution in [2.24, 2.45) is 5.41 Å². The van der Waals surface area contributed by atoms with E-state index < -0.39 is 6.10 Å². The highest BCUT2D eigenvalue weighted by atomic mass is 16.3. The summed E-state index contributed by atoms with van der Waals surface area (Å²) in [6.07, 6.45) is 8.97. The van der Waals surface area contributed by atoms with Crippen molar-refractivity contribution in [2.45, 2.75) is 64.9 Å². The molecule has 2 heterocycles. The van der Waals surface area contributed by atoms with Gasteiger partial charge in [-0.2, -0.15) is 0 Å². The van der Waals surface area contributed by atoms with E-state index in [1.165, 1.54) is 0 Å². The number of hydrogen-bond donors (Lipinski definition) is 1. The maximum Gasteiger partial charge on any atom is 0.222 e. The smallest absolute Gasteiger partial charge is 0.222 e. The number of aliphatic hydroxyl groups excluding tert-OH is 1. The SMILES string of the molecule is CC=CCCCC(=O)N1CCC[C@@]2(CN(C(=O)CC)CC[C@H]2O)C1. The van der Waals surface area contributed by atoms with E-state index in [0.29, 0.717) is 38.9 Å². The average molecular weight is 336 g/mol. The first-order valence-corrected chi connectivity index (χ1v) is 9.37. The number of hydrogen-bond acceptors (Lipinski definition) is 3. The topological polar surface area (TPSA) is 60.9 Å². The number of carbonyl (C=O) groups excluding carboxylic acids is 2. The highest BCUT2D eigenvalue weighted by molar-refractivity contribution is 5.77. The van der Waals surface area contributed by atoms with Crippen molar-refractivity contribution in [2.75, 3.05) is 26.2 Å². The molecule has 1 N–H and O–H groups in total. The zero-order chi connectivity index (χ0) is 17.6. The number of aliphatic hydroxyl groups is 1. The van der Waals surface area contributed by atoms with Crippen LogP contribution < -0.4 is 0 Å². The summed E-state index contributed by atoms with van der Waals surface area (Å²) in [5, 5.41) is 10.6. The molecule has 2 atom stereocenters. The molecule has 2 rings (SSSR count). The van der Waals surface area contributed by atoms with Crippen molar-refractivity contribution >= 4 is 11.8 Å². The van der Waals surface area contributed by atoms with Gasteiger partial charge in [0.05, 0.1) is 6.10 Å². The highest BCUT2D eigenvalue weighted by Gasteiger charge is 2.46. The normalized spacial score (nSPS) is 27.9. The van der Waals surface area contributed by atoms with E-state index in [9.17, 15) is 14.7 Å². The Morgan fingerprint density at radius 3 is 2.58 bits per heavy atom. The molecule has 0 aromatic carbocycles. The predicted molar refractivity (Wildman–Crippen MR) is 94.4 cm³/mol. The Kier molecular flexibility index (Phi) is 6.84. The monoisotopic (exact) mass is 336 g/mol. The third-order valence-corrected chi connectivity index (χ3v) is 5.50. The lowest BCUT2D eigenvalue weighted by molar-refractivity contribution is -0.148. The Bertz CT molecular complexity index is 477. The first-order valence-electron chi connectivity index (χ1n) is 9.37. The zero-order valence-corrected chi connectivity index (χ0v) is 15.2. The molecule has 2 aliphatic rings. The van der Waals surface area contributed by atoms with Crippen molar-refractivity contribution in [3.8, 4) is 0 Å². The minimum Gasteiger partial charge on any atom is -0.392 e. The summed E-state index contributed by atoms with van der Waals surface area (Å²) in [7, 11) is 0. The Labute approximate surface area is 145 Å². The van der Waals surface area contributed by atoms with E-state index in [2.05, 4.69) is 6.08 Å². The summed E-state index contributed by atoms with van der Waals surface area (Å²) >= 11 is 0.